The van der Waals surface area contributed by atoms with E-state index in [-0.39, 0.29) is 36.3 Å². The van der Waals surface area contributed by atoms with Crippen LogP contribution < -0.4 is 0 Å². The number of aliphatic hydroxyl groups excluding tert-OH is 1. The zero-order chi connectivity index (χ0) is 19.1. The molecule has 0 radical (unpaired) electrons. The Morgan fingerprint density at radius 3 is 2.89 bits per heavy atom. The van der Waals surface area contributed by atoms with E-state index < -0.39 is 5.60 Å². The van der Waals surface area contributed by atoms with Crippen molar-refractivity contribution in [2.24, 2.45) is 22.7 Å². The third-order valence-corrected chi connectivity index (χ3v) is 7.85. The molecule has 0 heterocycles. The molecule has 6 atom stereocenters. The van der Waals surface area contributed by atoms with E-state index in [1.807, 2.05) is 6.92 Å². The summed E-state index contributed by atoms with van der Waals surface area (Å²) in [5, 5.41) is 21.1. The third-order valence-electron chi connectivity index (χ3n) is 7.85. The summed E-state index contributed by atoms with van der Waals surface area (Å²) in [6.45, 7) is 3.49. The average molecular weight is 379 g/mol. The van der Waals surface area contributed by atoms with Crippen LogP contribution in [0.15, 0.2) is 23.8 Å². The Balaban J connectivity index is 1.69. The Bertz CT molecular complexity index is 612. The lowest BCUT2D eigenvalue weighted by atomic mass is 9.51. The van der Waals surface area contributed by atoms with Gasteiger partial charge in [-0.15, -0.1) is 0 Å². The molecule has 1 unspecified atom stereocenters. The molecular weight excluding hydrogens is 344 g/mol. The van der Waals surface area contributed by atoms with E-state index in [9.17, 15) is 10.2 Å². The number of methoxy groups -OCH3 is 1. The quantitative estimate of drug-likeness (QED) is 0.386. The van der Waals surface area contributed by atoms with Crippen LogP contribution in [0.25, 0.3) is 0 Å². The van der Waals surface area contributed by atoms with Crippen molar-refractivity contribution in [3.8, 4) is 0 Å². The highest BCUT2D eigenvalue weighted by atomic mass is 16.7. The summed E-state index contributed by atoms with van der Waals surface area (Å²) in [7, 11) is 1.62. The van der Waals surface area contributed by atoms with Crippen LogP contribution in [-0.4, -0.2) is 55.6 Å². The summed E-state index contributed by atoms with van der Waals surface area (Å²) in [4.78, 5) is 0. The highest BCUT2D eigenvalue weighted by molar-refractivity contribution is 5.41. The van der Waals surface area contributed by atoms with E-state index in [0.29, 0.717) is 19.1 Å². The van der Waals surface area contributed by atoms with Crippen LogP contribution in [0.3, 0.4) is 0 Å². The predicted octanol–water partition coefficient (Wildman–Crippen LogP) is 2.82. The molecule has 5 nitrogen and oxygen atoms in total. The smallest absolute Gasteiger partial charge is 0.146 e. The van der Waals surface area contributed by atoms with Crippen molar-refractivity contribution in [2.75, 3.05) is 33.7 Å². The standard InChI is InChI=1S/C22H34O5/c1-20(24)8-4-9-22-17(20)7-10-21(11-12-23)16(5-3-6-18(21)22)19(22)27-14-13-26-15-25-2/h3,5,7,16,18-19,23-24H,4,6,8-15H2,1-2H3/t16-,18-,19?,20-,21-,22+/m1/s1. The van der Waals surface area contributed by atoms with Crippen molar-refractivity contribution >= 4 is 0 Å². The molecule has 1 spiro atoms. The van der Waals surface area contributed by atoms with Gasteiger partial charge in [0.05, 0.1) is 24.9 Å². The molecule has 5 heteroatoms. The van der Waals surface area contributed by atoms with Gasteiger partial charge in [0.15, 0.2) is 0 Å². The second kappa shape index (κ2) is 7.27. The number of allylic oxidation sites excluding steroid dienone is 2. The molecule has 4 aliphatic rings. The number of hydrogen-bond donors (Lipinski definition) is 2. The van der Waals surface area contributed by atoms with Gasteiger partial charge in [0.2, 0.25) is 0 Å². The van der Waals surface area contributed by atoms with Gasteiger partial charge in [0.25, 0.3) is 0 Å². The Labute approximate surface area is 162 Å². The molecule has 4 aliphatic carbocycles. The van der Waals surface area contributed by atoms with Gasteiger partial charge in [-0.05, 0) is 62.4 Å². The van der Waals surface area contributed by atoms with Gasteiger partial charge < -0.3 is 24.4 Å². The lowest BCUT2D eigenvalue weighted by molar-refractivity contribution is -0.100. The fourth-order valence-corrected chi connectivity index (χ4v) is 7.08. The molecule has 27 heavy (non-hydrogen) atoms. The summed E-state index contributed by atoms with van der Waals surface area (Å²) in [5.41, 5.74) is 0.382. The van der Waals surface area contributed by atoms with Crippen LogP contribution >= 0.6 is 0 Å². The first-order chi connectivity index (χ1) is 13.0. The number of aliphatic hydroxyl groups is 2. The van der Waals surface area contributed by atoms with Crippen LogP contribution in [-0.2, 0) is 14.2 Å². The van der Waals surface area contributed by atoms with E-state index >= 15 is 0 Å². The molecular formula is C22H34O5. The second-order valence-electron chi connectivity index (χ2n) is 9.04. The van der Waals surface area contributed by atoms with Crippen LogP contribution in [0.4, 0.5) is 0 Å². The highest BCUT2D eigenvalue weighted by Gasteiger charge is 2.71. The van der Waals surface area contributed by atoms with E-state index in [4.69, 9.17) is 14.2 Å². The first kappa shape index (κ1) is 19.6. The molecule has 4 rings (SSSR count). The maximum atomic E-state index is 11.2. The lowest BCUT2D eigenvalue weighted by Gasteiger charge is -2.55. The van der Waals surface area contributed by atoms with Gasteiger partial charge in [-0.25, -0.2) is 0 Å². The van der Waals surface area contributed by atoms with Gasteiger partial charge in [-0.3, -0.25) is 0 Å². The SMILES string of the molecule is COCOCCOC1[C@H]2C=CC[C@@H]3[C@@]2(CCO)CC=C2[C@](C)(O)CCC[C@@]213. The highest BCUT2D eigenvalue weighted by Crippen LogP contribution is 2.74. The zero-order valence-electron chi connectivity index (χ0n) is 16.7. The van der Waals surface area contributed by atoms with E-state index in [1.54, 1.807) is 7.11 Å². The summed E-state index contributed by atoms with van der Waals surface area (Å²) in [6, 6.07) is 0. The Hall–Kier alpha value is -0.720. The van der Waals surface area contributed by atoms with E-state index in [0.717, 1.165) is 38.5 Å². The first-order valence-corrected chi connectivity index (χ1v) is 10.4. The predicted molar refractivity (Wildman–Crippen MR) is 102 cm³/mol. The van der Waals surface area contributed by atoms with Crippen LogP contribution in [0.5, 0.6) is 0 Å². The fourth-order valence-electron chi connectivity index (χ4n) is 7.08. The van der Waals surface area contributed by atoms with Crippen molar-refractivity contribution in [3.05, 3.63) is 23.8 Å². The molecule has 0 aliphatic heterocycles. The largest absolute Gasteiger partial charge is 0.396 e. The monoisotopic (exact) mass is 378 g/mol. The molecule has 2 fully saturated rings. The second-order valence-corrected chi connectivity index (χ2v) is 9.04. The minimum atomic E-state index is -0.755. The summed E-state index contributed by atoms with van der Waals surface area (Å²) in [6.07, 6.45) is 12.7. The van der Waals surface area contributed by atoms with Gasteiger partial charge >= 0.3 is 0 Å². The molecule has 0 aromatic heterocycles. The van der Waals surface area contributed by atoms with Crippen molar-refractivity contribution in [1.82, 2.24) is 0 Å². The summed E-state index contributed by atoms with van der Waals surface area (Å²) >= 11 is 0. The number of hydrogen-bond acceptors (Lipinski definition) is 5. The van der Waals surface area contributed by atoms with Crippen LogP contribution in [0.1, 0.15) is 45.4 Å². The van der Waals surface area contributed by atoms with Gasteiger partial charge in [0, 0.05) is 25.0 Å². The molecule has 0 aromatic carbocycles. The van der Waals surface area contributed by atoms with E-state index in [1.165, 1.54) is 5.57 Å². The van der Waals surface area contributed by atoms with Crippen molar-refractivity contribution in [1.29, 1.82) is 0 Å². The maximum Gasteiger partial charge on any atom is 0.146 e. The zero-order valence-corrected chi connectivity index (χ0v) is 16.7. The van der Waals surface area contributed by atoms with Gasteiger partial charge in [0.1, 0.15) is 6.79 Å². The molecule has 4 bridgehead atoms. The molecule has 0 aromatic rings. The molecule has 0 amide bonds. The van der Waals surface area contributed by atoms with Crippen LogP contribution in [0.2, 0.25) is 0 Å². The molecule has 0 saturated heterocycles. The molecule has 152 valence electrons. The van der Waals surface area contributed by atoms with Crippen molar-refractivity contribution in [2.45, 2.75) is 57.2 Å². The van der Waals surface area contributed by atoms with E-state index in [2.05, 4.69) is 18.2 Å². The fraction of sp³-hybridized carbons (Fsp3) is 0.818. The third kappa shape index (κ3) is 2.77. The normalized spacial score (nSPS) is 44.9. The minimum Gasteiger partial charge on any atom is -0.396 e. The average Bonchev–Trinajstić information content (AvgIpc) is 2.76. The topological polar surface area (TPSA) is 68.2 Å². The molecule has 2 N–H and O–H groups in total. The van der Waals surface area contributed by atoms with Crippen molar-refractivity contribution < 1.29 is 24.4 Å². The Kier molecular flexibility index (Phi) is 5.27. The Morgan fingerprint density at radius 2 is 2.11 bits per heavy atom. The minimum absolute atomic E-state index is 0.0412. The van der Waals surface area contributed by atoms with Crippen LogP contribution in [0, 0.1) is 22.7 Å². The maximum absolute atomic E-state index is 11.2. The number of rotatable bonds is 8. The summed E-state index contributed by atoms with van der Waals surface area (Å²) < 4.78 is 16.9. The lowest BCUT2D eigenvalue weighted by Crippen LogP contribution is -2.52. The Morgan fingerprint density at radius 1 is 1.26 bits per heavy atom. The van der Waals surface area contributed by atoms with Gasteiger partial charge in [-0.1, -0.05) is 18.2 Å². The van der Waals surface area contributed by atoms with Crippen molar-refractivity contribution in [3.63, 3.8) is 0 Å². The summed E-state index contributed by atoms with van der Waals surface area (Å²) in [5.74, 6) is 0.720. The van der Waals surface area contributed by atoms with Gasteiger partial charge in [-0.2, -0.15) is 0 Å². The number of ether oxygens (including phenoxy) is 3. The first-order valence-electron chi connectivity index (χ1n) is 10.4. The molecule has 2 saturated carbocycles.